The summed E-state index contributed by atoms with van der Waals surface area (Å²) in [6.07, 6.45) is 0. The summed E-state index contributed by atoms with van der Waals surface area (Å²) in [7, 11) is 0. The van der Waals surface area contributed by atoms with E-state index >= 15 is 0 Å². The number of ether oxygens (including phenoxy) is 1. The highest BCUT2D eigenvalue weighted by Gasteiger charge is 2.20. The topological polar surface area (TPSA) is 97.2 Å². The maximum absolute atomic E-state index is 12.4. The van der Waals surface area contributed by atoms with E-state index in [9.17, 15) is 9.59 Å². The number of carbonyl (C=O) groups excluding carboxylic acids is 1. The van der Waals surface area contributed by atoms with E-state index in [-0.39, 0.29) is 18.7 Å². The molecule has 2 aromatic heterocycles. The maximum atomic E-state index is 12.4. The van der Waals surface area contributed by atoms with Gasteiger partial charge in [0.1, 0.15) is 17.1 Å². The number of anilines is 1. The van der Waals surface area contributed by atoms with Crippen LogP contribution in [0.2, 0.25) is 5.02 Å². The molecule has 0 aliphatic carbocycles. The van der Waals surface area contributed by atoms with E-state index in [2.05, 4.69) is 15.5 Å². The fraction of sp³-hybridized carbons (Fsp3) is 0.136. The molecule has 0 aliphatic heterocycles. The third kappa shape index (κ3) is 3.92. The Balaban J connectivity index is 1.68. The van der Waals surface area contributed by atoms with Crippen LogP contribution in [0.25, 0.3) is 22.1 Å². The van der Waals surface area contributed by atoms with Gasteiger partial charge in [-0.2, -0.15) is 5.10 Å². The van der Waals surface area contributed by atoms with Crippen LogP contribution in [0.5, 0.6) is 0 Å². The Hall–Kier alpha value is -3.58. The average molecular weight is 424 g/mol. The zero-order chi connectivity index (χ0) is 21.1. The van der Waals surface area contributed by atoms with E-state index in [0.717, 1.165) is 5.56 Å². The minimum Gasteiger partial charge on any atom is -0.462 e. The summed E-state index contributed by atoms with van der Waals surface area (Å²) in [6.45, 7) is 2.16. The van der Waals surface area contributed by atoms with Gasteiger partial charge in [0.2, 0.25) is 0 Å². The van der Waals surface area contributed by atoms with Crippen molar-refractivity contribution in [3.63, 3.8) is 0 Å². The van der Waals surface area contributed by atoms with Crippen LogP contribution in [-0.2, 0) is 11.3 Å². The van der Waals surface area contributed by atoms with E-state index in [1.165, 1.54) is 0 Å². The molecule has 0 fully saturated rings. The lowest BCUT2D eigenvalue weighted by atomic mass is 10.1. The number of aromatic nitrogens is 2. The predicted molar refractivity (Wildman–Crippen MR) is 115 cm³/mol. The normalized spacial score (nSPS) is 10.9. The Labute approximate surface area is 176 Å². The van der Waals surface area contributed by atoms with Gasteiger partial charge < -0.3 is 14.5 Å². The van der Waals surface area contributed by atoms with Crippen LogP contribution in [-0.4, -0.2) is 22.8 Å². The summed E-state index contributed by atoms with van der Waals surface area (Å²) < 4.78 is 11.1. The second-order valence-electron chi connectivity index (χ2n) is 6.48. The number of H-pyrrole nitrogens is 1. The summed E-state index contributed by atoms with van der Waals surface area (Å²) >= 11 is 5.96. The van der Waals surface area contributed by atoms with Crippen molar-refractivity contribution in [3.05, 3.63) is 81.3 Å². The smallest absolute Gasteiger partial charge is 0.341 e. The molecule has 4 rings (SSSR count). The van der Waals surface area contributed by atoms with Crippen molar-refractivity contribution in [3.8, 4) is 11.3 Å². The van der Waals surface area contributed by atoms with Crippen LogP contribution >= 0.6 is 11.6 Å². The molecule has 2 aromatic carbocycles. The molecule has 0 aliphatic rings. The van der Waals surface area contributed by atoms with E-state index in [1.54, 1.807) is 43.3 Å². The fourth-order valence-electron chi connectivity index (χ4n) is 3.11. The number of halogens is 1. The first-order valence-electron chi connectivity index (χ1n) is 9.34. The zero-order valence-corrected chi connectivity index (χ0v) is 16.8. The van der Waals surface area contributed by atoms with Gasteiger partial charge in [-0.1, -0.05) is 29.8 Å². The van der Waals surface area contributed by atoms with Gasteiger partial charge in [0.25, 0.3) is 5.56 Å². The summed E-state index contributed by atoms with van der Waals surface area (Å²) in [4.78, 5) is 24.4. The van der Waals surface area contributed by atoms with Crippen LogP contribution in [0.15, 0.2) is 63.8 Å². The Morgan fingerprint density at radius 1 is 1.17 bits per heavy atom. The van der Waals surface area contributed by atoms with Crippen LogP contribution in [0.1, 0.15) is 23.0 Å². The lowest BCUT2D eigenvalue weighted by Gasteiger charge is -2.08. The van der Waals surface area contributed by atoms with E-state index in [4.69, 9.17) is 20.8 Å². The molecule has 0 atom stereocenters. The number of furan rings is 1. The van der Waals surface area contributed by atoms with Gasteiger partial charge in [-0.05, 0) is 43.3 Å². The van der Waals surface area contributed by atoms with Crippen molar-refractivity contribution >= 4 is 34.2 Å². The minimum atomic E-state index is -0.474. The number of rotatable bonds is 6. The number of nitrogens with one attached hydrogen (secondary N) is 2. The Morgan fingerprint density at radius 2 is 1.90 bits per heavy atom. The van der Waals surface area contributed by atoms with Crippen LogP contribution in [0, 0.1) is 0 Å². The Bertz CT molecular complexity index is 1260. The number of hydrogen-bond acceptors (Lipinski definition) is 6. The lowest BCUT2D eigenvalue weighted by Crippen LogP contribution is -2.13. The molecule has 2 N–H and O–H groups in total. The first-order valence-corrected chi connectivity index (χ1v) is 9.71. The molecule has 4 aromatic rings. The highest BCUT2D eigenvalue weighted by atomic mass is 35.5. The molecule has 0 amide bonds. The highest BCUT2D eigenvalue weighted by Crippen LogP contribution is 2.28. The molecule has 0 saturated heterocycles. The third-order valence-corrected chi connectivity index (χ3v) is 4.80. The molecule has 0 saturated carbocycles. The van der Waals surface area contributed by atoms with Crippen molar-refractivity contribution in [1.29, 1.82) is 0 Å². The lowest BCUT2D eigenvalue weighted by molar-refractivity contribution is 0.0524. The summed E-state index contributed by atoms with van der Waals surface area (Å²) in [5.41, 5.74) is 0.832. The first-order chi connectivity index (χ1) is 14.6. The quantitative estimate of drug-likeness (QED) is 0.439. The molecule has 7 nitrogen and oxygen atoms in total. The predicted octanol–water partition coefficient (Wildman–Crippen LogP) is 4.63. The van der Waals surface area contributed by atoms with Gasteiger partial charge in [-0.3, -0.25) is 4.79 Å². The molecule has 0 radical (unpaired) electrons. The number of nitrogens with zero attached hydrogens (tertiary/aromatic N) is 1. The van der Waals surface area contributed by atoms with Crippen molar-refractivity contribution in [2.45, 2.75) is 13.5 Å². The van der Waals surface area contributed by atoms with Crippen LogP contribution in [0.3, 0.4) is 0 Å². The first kappa shape index (κ1) is 19.7. The highest BCUT2D eigenvalue weighted by molar-refractivity contribution is 6.30. The second-order valence-corrected chi connectivity index (χ2v) is 6.91. The fourth-order valence-corrected chi connectivity index (χ4v) is 3.24. The molecule has 0 bridgehead atoms. The van der Waals surface area contributed by atoms with E-state index in [1.807, 2.05) is 18.2 Å². The van der Waals surface area contributed by atoms with Crippen LogP contribution in [0.4, 0.5) is 5.82 Å². The number of benzene rings is 2. The monoisotopic (exact) mass is 423 g/mol. The summed E-state index contributed by atoms with van der Waals surface area (Å²) in [6, 6.07) is 15.9. The van der Waals surface area contributed by atoms with E-state index < -0.39 is 5.97 Å². The van der Waals surface area contributed by atoms with Crippen LogP contribution < -0.4 is 10.9 Å². The number of fused-ring (bicyclic) bond motifs is 1. The molecular formula is C22H18ClN3O4. The number of hydrogen-bond donors (Lipinski definition) is 2. The standard InChI is InChI=1S/C22H18ClN3O4/c1-2-29-22(28)17-11-18(13-7-9-14(23)10-8-13)30-19(17)12-24-20-15-5-3-4-6-16(15)21(27)26-25-20/h3-11H,2,12H2,1H3,(H,24,25)(H,26,27). The van der Waals surface area contributed by atoms with Crippen molar-refractivity contribution in [2.75, 3.05) is 11.9 Å². The number of aromatic amines is 1. The second kappa shape index (κ2) is 8.42. The largest absolute Gasteiger partial charge is 0.462 e. The molecule has 8 heteroatoms. The maximum Gasteiger partial charge on any atom is 0.341 e. The average Bonchev–Trinajstić information content (AvgIpc) is 3.18. The van der Waals surface area contributed by atoms with Gasteiger partial charge in [0, 0.05) is 16.0 Å². The van der Waals surface area contributed by atoms with Crippen molar-refractivity contribution in [2.24, 2.45) is 0 Å². The van der Waals surface area contributed by atoms with Gasteiger partial charge >= 0.3 is 5.97 Å². The Morgan fingerprint density at radius 3 is 2.63 bits per heavy atom. The summed E-state index contributed by atoms with van der Waals surface area (Å²) in [5, 5.41) is 11.5. The van der Waals surface area contributed by atoms with Gasteiger partial charge in [-0.15, -0.1) is 0 Å². The number of esters is 1. The van der Waals surface area contributed by atoms with Gasteiger partial charge in [-0.25, -0.2) is 9.89 Å². The minimum absolute atomic E-state index is 0.171. The molecule has 2 heterocycles. The summed E-state index contributed by atoms with van der Waals surface area (Å²) in [5.74, 6) is 0.920. The third-order valence-electron chi connectivity index (χ3n) is 4.55. The van der Waals surface area contributed by atoms with E-state index in [0.29, 0.717) is 38.7 Å². The molecule has 0 spiro atoms. The SMILES string of the molecule is CCOC(=O)c1cc(-c2ccc(Cl)cc2)oc1CNc1n[nH]c(=O)c2ccccc12. The van der Waals surface area contributed by atoms with Gasteiger partial charge in [0.15, 0.2) is 5.82 Å². The molecular weight excluding hydrogens is 406 g/mol. The molecule has 0 unspecified atom stereocenters. The number of carbonyl (C=O) groups is 1. The molecule has 152 valence electrons. The molecule has 30 heavy (non-hydrogen) atoms. The van der Waals surface area contributed by atoms with Crippen molar-refractivity contribution < 1.29 is 13.9 Å². The van der Waals surface area contributed by atoms with Gasteiger partial charge in [0.05, 0.1) is 18.5 Å². The zero-order valence-electron chi connectivity index (χ0n) is 16.1. The van der Waals surface area contributed by atoms with Crippen molar-refractivity contribution in [1.82, 2.24) is 10.2 Å². The Kier molecular flexibility index (Phi) is 5.54.